The number of hydrogen-bond acceptors (Lipinski definition) is 5. The first-order valence-corrected chi connectivity index (χ1v) is 13.6. The maximum atomic E-state index is 13.7. The highest BCUT2D eigenvalue weighted by Crippen LogP contribution is 2.56. The van der Waals surface area contributed by atoms with Gasteiger partial charge in [0.2, 0.25) is 0 Å². The van der Waals surface area contributed by atoms with Gasteiger partial charge in [0.1, 0.15) is 5.60 Å². The number of carbonyl (C=O) groups is 1. The number of aliphatic hydroxyl groups is 1. The van der Waals surface area contributed by atoms with Crippen LogP contribution in [0.4, 0.5) is 18.9 Å². The van der Waals surface area contributed by atoms with Gasteiger partial charge in [-0.05, 0) is 67.9 Å². The fourth-order valence-electron chi connectivity index (χ4n) is 5.65. The predicted octanol–water partition coefficient (Wildman–Crippen LogP) is 5.25. The molecule has 3 aromatic rings. The number of sulfone groups is 1. The lowest BCUT2D eigenvalue weighted by Crippen LogP contribution is -2.46. The van der Waals surface area contributed by atoms with Crippen molar-refractivity contribution < 1.29 is 31.5 Å². The van der Waals surface area contributed by atoms with Crippen LogP contribution in [-0.4, -0.2) is 29.7 Å². The molecule has 0 radical (unpaired) electrons. The number of fused-ring (bicyclic) bond motifs is 2. The van der Waals surface area contributed by atoms with Gasteiger partial charge in [-0.2, -0.15) is 0 Å². The van der Waals surface area contributed by atoms with E-state index in [9.17, 15) is 31.5 Å². The van der Waals surface area contributed by atoms with Crippen LogP contribution in [0.2, 0.25) is 5.02 Å². The molecule has 1 aromatic heterocycles. The highest BCUT2D eigenvalue weighted by atomic mass is 35.5. The summed E-state index contributed by atoms with van der Waals surface area (Å²) in [5.74, 6) is -6.11. The van der Waals surface area contributed by atoms with E-state index in [4.69, 9.17) is 11.6 Å². The van der Waals surface area contributed by atoms with Crippen LogP contribution in [0.15, 0.2) is 59.6 Å². The normalized spacial score (nSPS) is 25.2. The average molecular weight is 551 g/mol. The van der Waals surface area contributed by atoms with Gasteiger partial charge >= 0.3 is 0 Å². The summed E-state index contributed by atoms with van der Waals surface area (Å²) in [6.45, 7) is 0. The first-order valence-electron chi connectivity index (χ1n) is 11.6. The highest BCUT2D eigenvalue weighted by molar-refractivity contribution is 7.92. The number of benzene rings is 2. The molecule has 37 heavy (non-hydrogen) atoms. The largest absolute Gasteiger partial charge is 0.383 e. The standard InChI is InChI=1S/C26H22ClF3N2O4S/c27-19-7-4-14(25(33)32-17-12-20(28)24(30)21(29)13-17)9-22(19)37(35,36)18-10-15-5-6-16(11-18)26(15,34)23-3-1-2-8-31-23/h1-4,7-9,12-13,15-16,18,34H,5-6,10-11H2,(H,32,33). The second-order valence-electron chi connectivity index (χ2n) is 9.50. The monoisotopic (exact) mass is 550 g/mol. The third-order valence-electron chi connectivity index (χ3n) is 7.46. The van der Waals surface area contributed by atoms with Crippen molar-refractivity contribution in [2.75, 3.05) is 5.32 Å². The zero-order chi connectivity index (χ0) is 26.5. The van der Waals surface area contributed by atoms with Gasteiger partial charge in [-0.1, -0.05) is 17.7 Å². The van der Waals surface area contributed by atoms with E-state index >= 15 is 0 Å². The molecule has 194 valence electrons. The van der Waals surface area contributed by atoms with Crippen molar-refractivity contribution in [1.29, 1.82) is 0 Å². The van der Waals surface area contributed by atoms with E-state index in [2.05, 4.69) is 10.3 Å². The number of carbonyl (C=O) groups excluding carboxylic acids is 1. The summed E-state index contributed by atoms with van der Waals surface area (Å²) in [7, 11) is -4.01. The van der Waals surface area contributed by atoms with E-state index in [0.717, 1.165) is 6.07 Å². The van der Waals surface area contributed by atoms with E-state index < -0.39 is 44.0 Å². The van der Waals surface area contributed by atoms with Gasteiger partial charge in [0.05, 0.1) is 20.9 Å². The molecule has 0 saturated heterocycles. The Morgan fingerprint density at radius 2 is 1.68 bits per heavy atom. The number of rotatable bonds is 5. The molecule has 2 aliphatic carbocycles. The number of nitrogens with one attached hydrogen (secondary N) is 1. The number of hydrogen-bond donors (Lipinski definition) is 2. The predicted molar refractivity (Wildman–Crippen MR) is 130 cm³/mol. The van der Waals surface area contributed by atoms with Gasteiger partial charge in [0, 0.05) is 29.6 Å². The average Bonchev–Trinajstić information content (AvgIpc) is 3.04. The molecule has 11 heteroatoms. The minimum atomic E-state index is -4.01. The Balaban J connectivity index is 1.41. The van der Waals surface area contributed by atoms with E-state index in [1.165, 1.54) is 12.1 Å². The summed E-state index contributed by atoms with van der Waals surface area (Å²) in [5.41, 5.74) is -1.13. The van der Waals surface area contributed by atoms with Crippen LogP contribution in [0.3, 0.4) is 0 Å². The maximum absolute atomic E-state index is 13.7. The van der Waals surface area contributed by atoms with Gasteiger partial charge in [-0.25, -0.2) is 21.6 Å². The lowest BCUT2D eigenvalue weighted by atomic mass is 9.72. The molecular weight excluding hydrogens is 529 g/mol. The second-order valence-corrected chi connectivity index (χ2v) is 12.1. The van der Waals surface area contributed by atoms with E-state index in [1.54, 1.807) is 24.4 Å². The zero-order valence-electron chi connectivity index (χ0n) is 19.3. The van der Waals surface area contributed by atoms with E-state index in [0.29, 0.717) is 30.7 Å². The molecule has 2 fully saturated rings. The van der Waals surface area contributed by atoms with Crippen LogP contribution in [0.5, 0.6) is 0 Å². The van der Waals surface area contributed by atoms with Crippen LogP contribution >= 0.6 is 11.6 Å². The molecule has 0 aliphatic heterocycles. The van der Waals surface area contributed by atoms with Crippen LogP contribution < -0.4 is 5.32 Å². The van der Waals surface area contributed by atoms with E-state index in [-0.39, 0.29) is 45.8 Å². The molecule has 6 nitrogen and oxygen atoms in total. The van der Waals surface area contributed by atoms with Crippen molar-refractivity contribution in [2.24, 2.45) is 11.8 Å². The lowest BCUT2D eigenvalue weighted by Gasteiger charge is -2.42. The van der Waals surface area contributed by atoms with Crippen molar-refractivity contribution in [1.82, 2.24) is 4.98 Å². The number of anilines is 1. The van der Waals surface area contributed by atoms with Gasteiger partial charge in [-0.15, -0.1) is 0 Å². The Bertz CT molecular complexity index is 1450. The summed E-state index contributed by atoms with van der Waals surface area (Å²) >= 11 is 6.25. The SMILES string of the molecule is O=C(Nc1cc(F)c(F)c(F)c1)c1ccc(Cl)c(S(=O)(=O)C2CC3CCC(C2)C3(O)c2ccccn2)c1. The lowest BCUT2D eigenvalue weighted by molar-refractivity contribution is -0.0682. The Morgan fingerprint density at radius 3 is 2.27 bits per heavy atom. The third-order valence-corrected chi connectivity index (χ3v) is 10.1. The van der Waals surface area contributed by atoms with Gasteiger partial charge in [0.15, 0.2) is 27.3 Å². The topological polar surface area (TPSA) is 96.4 Å². The summed E-state index contributed by atoms with van der Waals surface area (Å²) in [6.07, 6.45) is 3.32. The van der Waals surface area contributed by atoms with E-state index in [1.807, 2.05) is 0 Å². The number of amides is 1. The Hall–Kier alpha value is -2.95. The maximum Gasteiger partial charge on any atom is 0.255 e. The molecule has 2 N–H and O–H groups in total. The van der Waals surface area contributed by atoms with Gasteiger partial charge in [-0.3, -0.25) is 9.78 Å². The summed E-state index contributed by atoms with van der Waals surface area (Å²) in [5, 5.41) is 12.9. The van der Waals surface area contributed by atoms with Crippen LogP contribution in [0.1, 0.15) is 41.7 Å². The molecule has 2 atom stereocenters. The smallest absolute Gasteiger partial charge is 0.255 e. The van der Waals surface area contributed by atoms with Crippen LogP contribution in [0.25, 0.3) is 0 Å². The number of halogens is 4. The van der Waals surface area contributed by atoms with Crippen LogP contribution in [-0.2, 0) is 15.4 Å². The molecule has 2 bridgehead atoms. The first-order chi connectivity index (χ1) is 17.5. The molecule has 2 aliphatic rings. The summed E-state index contributed by atoms with van der Waals surface area (Å²) in [4.78, 5) is 16.8. The fourth-order valence-corrected chi connectivity index (χ4v) is 8.05. The minimum Gasteiger partial charge on any atom is -0.383 e. The molecular formula is C26H22ClF3N2O4S. The third kappa shape index (κ3) is 4.41. The van der Waals surface area contributed by atoms with Crippen molar-refractivity contribution in [3.63, 3.8) is 0 Å². The molecule has 2 unspecified atom stereocenters. The molecule has 5 rings (SSSR count). The molecule has 2 aromatic carbocycles. The minimum absolute atomic E-state index is 0.0756. The second kappa shape index (κ2) is 9.41. The van der Waals surface area contributed by atoms with Crippen molar-refractivity contribution in [2.45, 2.75) is 41.4 Å². The Morgan fingerprint density at radius 1 is 1.03 bits per heavy atom. The van der Waals surface area contributed by atoms with Gasteiger partial charge in [0.25, 0.3) is 5.91 Å². The molecule has 2 saturated carbocycles. The molecule has 0 spiro atoms. The summed E-state index contributed by atoms with van der Waals surface area (Å²) in [6, 6.07) is 10.2. The fraction of sp³-hybridized carbons (Fsp3) is 0.308. The van der Waals surface area contributed by atoms with Crippen molar-refractivity contribution in [3.8, 4) is 0 Å². The number of nitrogens with zero attached hydrogens (tertiary/aromatic N) is 1. The molecule has 1 amide bonds. The Kier molecular flexibility index (Phi) is 6.54. The van der Waals surface area contributed by atoms with Crippen molar-refractivity contribution >= 4 is 33.0 Å². The van der Waals surface area contributed by atoms with Crippen LogP contribution in [0, 0.1) is 29.3 Å². The summed E-state index contributed by atoms with van der Waals surface area (Å²) < 4.78 is 67.6. The van der Waals surface area contributed by atoms with Gasteiger partial charge < -0.3 is 10.4 Å². The molecule has 1 heterocycles. The van der Waals surface area contributed by atoms with Crippen molar-refractivity contribution in [3.05, 3.63) is 88.5 Å². The highest BCUT2D eigenvalue weighted by Gasteiger charge is 2.57. The Labute approximate surface area is 216 Å². The first kappa shape index (κ1) is 25.7. The number of pyridine rings is 1. The number of aromatic nitrogens is 1. The zero-order valence-corrected chi connectivity index (χ0v) is 20.9. The quantitative estimate of drug-likeness (QED) is 0.423.